The molecular weight excluding hydrogens is 364 g/mol. The number of benzene rings is 1. The summed E-state index contributed by atoms with van der Waals surface area (Å²) in [5.41, 5.74) is 2.39. The molecule has 1 aromatic carbocycles. The minimum absolute atomic E-state index is 0.0311. The first-order valence-electron chi connectivity index (χ1n) is 8.58. The van der Waals surface area contributed by atoms with Crippen LogP contribution in [0.4, 0.5) is 5.69 Å². The molecule has 0 aliphatic heterocycles. The zero-order valence-corrected chi connectivity index (χ0v) is 15.8. The van der Waals surface area contributed by atoms with Gasteiger partial charge < -0.3 is 14.5 Å². The van der Waals surface area contributed by atoms with Gasteiger partial charge in [0.25, 0.3) is 5.91 Å². The van der Waals surface area contributed by atoms with E-state index in [1.165, 1.54) is 12.1 Å². The van der Waals surface area contributed by atoms with Gasteiger partial charge in [0.2, 0.25) is 0 Å². The third kappa shape index (κ3) is 4.37. The summed E-state index contributed by atoms with van der Waals surface area (Å²) in [5.74, 6) is 0.276. The molecule has 0 fully saturated rings. The van der Waals surface area contributed by atoms with E-state index in [0.29, 0.717) is 5.76 Å². The molecule has 0 bridgehead atoms. The largest absolute Gasteiger partial charge is 0.479 e. The second-order valence-corrected chi connectivity index (χ2v) is 6.37. The minimum atomic E-state index is -0.497. The van der Waals surface area contributed by atoms with E-state index in [1.54, 1.807) is 29.8 Å². The van der Waals surface area contributed by atoms with Crippen LogP contribution in [0.25, 0.3) is 0 Å². The van der Waals surface area contributed by atoms with Crippen molar-refractivity contribution in [3.05, 3.63) is 75.0 Å². The maximum atomic E-state index is 12.2. The van der Waals surface area contributed by atoms with E-state index in [1.807, 2.05) is 20.0 Å². The summed E-state index contributed by atoms with van der Waals surface area (Å²) in [6.45, 7) is 3.94. The highest BCUT2D eigenvalue weighted by Gasteiger charge is 2.17. The number of nitrogens with one attached hydrogen (secondary N) is 1. The lowest BCUT2D eigenvalue weighted by atomic mass is 10.2. The smallest absolute Gasteiger partial charge is 0.311 e. The Labute approximate surface area is 161 Å². The molecule has 0 atom stereocenters. The third-order valence-corrected chi connectivity index (χ3v) is 4.16. The fourth-order valence-corrected chi connectivity index (χ4v) is 2.60. The number of hydrogen-bond acceptors (Lipinski definition) is 6. The van der Waals surface area contributed by atoms with Gasteiger partial charge in [-0.2, -0.15) is 5.10 Å². The maximum Gasteiger partial charge on any atom is 0.311 e. The number of amides is 1. The Balaban J connectivity index is 1.59. The van der Waals surface area contributed by atoms with Crippen LogP contribution < -0.4 is 10.1 Å². The summed E-state index contributed by atoms with van der Waals surface area (Å²) < 4.78 is 12.7. The van der Waals surface area contributed by atoms with Crippen LogP contribution >= 0.6 is 0 Å². The van der Waals surface area contributed by atoms with Crippen molar-refractivity contribution in [2.45, 2.75) is 27.0 Å². The van der Waals surface area contributed by atoms with Crippen LogP contribution in [-0.2, 0) is 20.2 Å². The predicted molar refractivity (Wildman–Crippen MR) is 100.0 cm³/mol. The minimum Gasteiger partial charge on any atom is -0.479 e. The molecule has 0 unspecified atom stereocenters. The number of ether oxygens (including phenoxy) is 1. The quantitative estimate of drug-likeness (QED) is 0.495. The van der Waals surface area contributed by atoms with Crippen LogP contribution in [-0.4, -0.2) is 20.6 Å². The summed E-state index contributed by atoms with van der Waals surface area (Å²) in [7, 11) is 1.83. The van der Waals surface area contributed by atoms with Crippen molar-refractivity contribution in [3.8, 4) is 5.75 Å². The second-order valence-electron chi connectivity index (χ2n) is 6.37. The van der Waals surface area contributed by atoms with Crippen LogP contribution in [0.1, 0.15) is 33.3 Å². The molecule has 3 aromatic rings. The molecule has 2 heterocycles. The van der Waals surface area contributed by atoms with Crippen molar-refractivity contribution in [1.29, 1.82) is 0 Å². The number of carbonyl (C=O) groups excluding carboxylic acids is 1. The number of hydrogen-bond donors (Lipinski definition) is 1. The lowest BCUT2D eigenvalue weighted by molar-refractivity contribution is -0.386. The summed E-state index contributed by atoms with van der Waals surface area (Å²) in [6, 6.07) is 9.72. The van der Waals surface area contributed by atoms with Gasteiger partial charge in [0.1, 0.15) is 12.4 Å². The topological polar surface area (TPSA) is 112 Å². The SMILES string of the molecule is Cc1ccc(OCc2ccc(C(=O)NCc3cc(C)n(C)n3)o2)c([N+](=O)[O-])c1. The van der Waals surface area contributed by atoms with Gasteiger partial charge in [-0.25, -0.2) is 0 Å². The van der Waals surface area contributed by atoms with Crippen LogP contribution in [0.3, 0.4) is 0 Å². The average Bonchev–Trinajstić information content (AvgIpc) is 3.25. The Hall–Kier alpha value is -3.62. The van der Waals surface area contributed by atoms with Crippen molar-refractivity contribution in [2.75, 3.05) is 0 Å². The van der Waals surface area contributed by atoms with Crippen LogP contribution in [0.5, 0.6) is 5.75 Å². The van der Waals surface area contributed by atoms with Crippen LogP contribution in [0.2, 0.25) is 0 Å². The van der Waals surface area contributed by atoms with Gasteiger partial charge >= 0.3 is 5.69 Å². The summed E-state index contributed by atoms with van der Waals surface area (Å²) in [5, 5.41) is 18.1. The fourth-order valence-electron chi connectivity index (χ4n) is 2.60. The first kappa shape index (κ1) is 19.2. The standard InChI is InChI=1S/C19H20N4O5/c1-12-4-6-17(16(8-12)23(25)26)27-11-15-5-7-18(28-15)19(24)20-10-14-9-13(2)22(3)21-14/h4-9H,10-11H2,1-3H3,(H,20,24). The predicted octanol–water partition coefficient (Wildman–Crippen LogP) is 3.05. The number of aryl methyl sites for hydroxylation is 3. The lowest BCUT2D eigenvalue weighted by Gasteiger charge is -2.06. The molecule has 0 spiro atoms. The van der Waals surface area contributed by atoms with E-state index in [4.69, 9.17) is 9.15 Å². The van der Waals surface area contributed by atoms with E-state index in [2.05, 4.69) is 10.4 Å². The number of nitro groups is 1. The Morgan fingerprint density at radius 2 is 2.07 bits per heavy atom. The molecule has 1 amide bonds. The molecule has 0 saturated carbocycles. The van der Waals surface area contributed by atoms with E-state index < -0.39 is 4.92 Å². The Kier molecular flexibility index (Phi) is 5.44. The van der Waals surface area contributed by atoms with Gasteiger partial charge in [0, 0.05) is 18.8 Å². The molecule has 146 valence electrons. The molecule has 2 aromatic heterocycles. The molecule has 9 nitrogen and oxygen atoms in total. The van der Waals surface area contributed by atoms with Crippen molar-refractivity contribution >= 4 is 11.6 Å². The highest BCUT2D eigenvalue weighted by molar-refractivity contribution is 5.91. The Morgan fingerprint density at radius 1 is 1.29 bits per heavy atom. The number of rotatable bonds is 7. The van der Waals surface area contributed by atoms with Gasteiger partial charge in [-0.15, -0.1) is 0 Å². The fraction of sp³-hybridized carbons (Fsp3) is 0.263. The monoisotopic (exact) mass is 384 g/mol. The number of carbonyl (C=O) groups is 1. The van der Waals surface area contributed by atoms with Gasteiger partial charge in [-0.05, 0) is 43.7 Å². The number of nitro benzene ring substituents is 1. The molecule has 0 aliphatic rings. The van der Waals surface area contributed by atoms with E-state index in [-0.39, 0.29) is 36.3 Å². The number of nitrogens with zero attached hydrogens (tertiary/aromatic N) is 3. The lowest BCUT2D eigenvalue weighted by Crippen LogP contribution is -2.22. The van der Waals surface area contributed by atoms with Gasteiger partial charge in [0.15, 0.2) is 11.5 Å². The van der Waals surface area contributed by atoms with Gasteiger partial charge in [0.05, 0.1) is 17.2 Å². The van der Waals surface area contributed by atoms with Crippen molar-refractivity contribution in [1.82, 2.24) is 15.1 Å². The number of furan rings is 1. The highest BCUT2D eigenvalue weighted by atomic mass is 16.6. The van der Waals surface area contributed by atoms with Crippen molar-refractivity contribution < 1.29 is 18.9 Å². The third-order valence-electron chi connectivity index (χ3n) is 4.16. The summed E-state index contributed by atoms with van der Waals surface area (Å²) >= 11 is 0. The van der Waals surface area contributed by atoms with Crippen molar-refractivity contribution in [2.24, 2.45) is 7.05 Å². The highest BCUT2D eigenvalue weighted by Crippen LogP contribution is 2.28. The molecule has 0 radical (unpaired) electrons. The van der Waals surface area contributed by atoms with Gasteiger partial charge in [-0.1, -0.05) is 6.07 Å². The summed E-state index contributed by atoms with van der Waals surface area (Å²) in [6.07, 6.45) is 0. The zero-order chi connectivity index (χ0) is 20.3. The Bertz CT molecular complexity index is 1000. The van der Waals surface area contributed by atoms with Crippen molar-refractivity contribution in [3.63, 3.8) is 0 Å². The van der Waals surface area contributed by atoms with E-state index in [0.717, 1.165) is 17.0 Å². The molecule has 3 rings (SSSR count). The molecule has 0 aliphatic carbocycles. The van der Waals surface area contributed by atoms with E-state index in [9.17, 15) is 14.9 Å². The van der Waals surface area contributed by atoms with Gasteiger partial charge in [-0.3, -0.25) is 19.6 Å². The molecule has 1 N–H and O–H groups in total. The summed E-state index contributed by atoms with van der Waals surface area (Å²) in [4.78, 5) is 22.8. The first-order chi connectivity index (χ1) is 13.3. The molecular formula is C19H20N4O5. The van der Waals surface area contributed by atoms with Crippen LogP contribution in [0.15, 0.2) is 40.8 Å². The Morgan fingerprint density at radius 3 is 2.75 bits per heavy atom. The first-order valence-corrected chi connectivity index (χ1v) is 8.58. The zero-order valence-electron chi connectivity index (χ0n) is 15.8. The number of aromatic nitrogens is 2. The maximum absolute atomic E-state index is 12.2. The average molecular weight is 384 g/mol. The van der Waals surface area contributed by atoms with Crippen LogP contribution in [0, 0.1) is 24.0 Å². The second kappa shape index (κ2) is 7.95. The molecule has 0 saturated heterocycles. The normalized spacial score (nSPS) is 10.7. The van der Waals surface area contributed by atoms with E-state index >= 15 is 0 Å². The molecule has 28 heavy (non-hydrogen) atoms. The molecule has 9 heteroatoms.